The monoisotopic (exact) mass is 833 g/mol. The van der Waals surface area contributed by atoms with E-state index in [0.29, 0.717) is 17.5 Å². The molecule has 1 heterocycles. The lowest BCUT2D eigenvalue weighted by Crippen LogP contribution is -2.14. The van der Waals surface area contributed by atoms with Gasteiger partial charge in [-0.05, 0) is 114 Å². The molecule has 0 N–H and O–H groups in total. The fourth-order valence-corrected chi connectivity index (χ4v) is 10.1. The maximum Gasteiger partial charge on any atom is 0.164 e. The van der Waals surface area contributed by atoms with Crippen LogP contribution in [-0.4, -0.2) is 15.0 Å². The molecule has 0 unspecified atom stereocenters. The summed E-state index contributed by atoms with van der Waals surface area (Å²) < 4.78 is 0. The Kier molecular flexibility index (Phi) is 9.78. The summed E-state index contributed by atoms with van der Waals surface area (Å²) in [6.45, 7) is 4.72. The minimum Gasteiger partial charge on any atom is -0.208 e. The van der Waals surface area contributed by atoms with E-state index < -0.39 is 0 Å². The Morgan fingerprint density at radius 1 is 0.292 bits per heavy atom. The number of rotatable bonds is 7. The second kappa shape index (κ2) is 16.0. The van der Waals surface area contributed by atoms with Gasteiger partial charge in [-0.15, -0.1) is 0 Å². The number of aromatic nitrogens is 3. The zero-order chi connectivity index (χ0) is 42.8. The van der Waals surface area contributed by atoms with Gasteiger partial charge in [-0.2, -0.15) is 0 Å². The molecule has 0 atom stereocenters. The van der Waals surface area contributed by atoms with Gasteiger partial charge in [0.15, 0.2) is 17.5 Å². The second-order valence-electron chi connectivity index (χ2n) is 17.5. The number of fused-ring (bicyclic) bond motifs is 6. The highest BCUT2D eigenvalue weighted by molar-refractivity contribution is 5.91. The van der Waals surface area contributed by atoms with E-state index in [2.05, 4.69) is 202 Å². The van der Waals surface area contributed by atoms with E-state index in [1.807, 2.05) is 24.3 Å². The quantitative estimate of drug-likeness (QED) is 0.161. The molecule has 0 spiro atoms. The lowest BCUT2D eigenvalue weighted by Gasteiger charge is -2.22. The molecule has 9 aromatic carbocycles. The fourth-order valence-electron chi connectivity index (χ4n) is 10.1. The van der Waals surface area contributed by atoms with Crippen LogP contribution in [0.25, 0.3) is 101 Å². The third-order valence-electron chi connectivity index (χ3n) is 13.4. The number of nitrogens with zero attached hydrogens (tertiary/aromatic N) is 3. The Labute approximate surface area is 381 Å². The van der Waals surface area contributed by atoms with Crippen molar-refractivity contribution < 1.29 is 0 Å². The SMILES string of the molecule is C.CC1(C)c2ccccc2-c2ccc(-c3cccc4c3Cc3c(-c5cccc(-c6nc(-c7ccccc7)nc(-c7cccc(-c8ccc(-c9ccccc9)cc8)c7)n6)c5)cccc3-4)cc21. The van der Waals surface area contributed by atoms with E-state index in [1.54, 1.807) is 0 Å². The van der Waals surface area contributed by atoms with E-state index in [9.17, 15) is 0 Å². The molecule has 2 aliphatic rings. The number of benzene rings is 9. The van der Waals surface area contributed by atoms with Crippen LogP contribution in [0.1, 0.15) is 43.5 Å². The molecule has 0 aliphatic heterocycles. The minimum absolute atomic E-state index is 0. The van der Waals surface area contributed by atoms with Gasteiger partial charge >= 0.3 is 0 Å². The minimum atomic E-state index is -0.0534. The van der Waals surface area contributed by atoms with Gasteiger partial charge in [-0.25, -0.2) is 15.0 Å². The number of hydrogen-bond acceptors (Lipinski definition) is 3. The van der Waals surface area contributed by atoms with Crippen molar-refractivity contribution in [1.82, 2.24) is 15.0 Å². The zero-order valence-corrected chi connectivity index (χ0v) is 35.8. The first-order chi connectivity index (χ1) is 31.5. The van der Waals surface area contributed by atoms with Gasteiger partial charge in [-0.1, -0.05) is 215 Å². The second-order valence-corrected chi connectivity index (χ2v) is 17.5. The van der Waals surface area contributed by atoms with Crippen molar-refractivity contribution in [3.05, 3.63) is 235 Å². The van der Waals surface area contributed by atoms with Crippen molar-refractivity contribution in [1.29, 1.82) is 0 Å². The summed E-state index contributed by atoms with van der Waals surface area (Å²) in [4.78, 5) is 15.4. The normalized spacial score (nSPS) is 12.7. The first kappa shape index (κ1) is 39.8. The van der Waals surface area contributed by atoms with Crippen LogP contribution >= 0.6 is 0 Å². The molecule has 1 aromatic heterocycles. The summed E-state index contributed by atoms with van der Waals surface area (Å²) in [6.07, 6.45) is 0.862. The van der Waals surface area contributed by atoms with Crippen molar-refractivity contribution in [2.75, 3.05) is 0 Å². The van der Waals surface area contributed by atoms with Gasteiger partial charge < -0.3 is 0 Å². The summed E-state index contributed by atoms with van der Waals surface area (Å²) in [5.74, 6) is 1.92. The maximum atomic E-state index is 5.20. The summed E-state index contributed by atoms with van der Waals surface area (Å²) in [6, 6.07) is 76.3. The Balaban J connectivity index is 0.00000469. The van der Waals surface area contributed by atoms with Gasteiger partial charge in [0.25, 0.3) is 0 Å². The molecule has 3 heteroatoms. The van der Waals surface area contributed by atoms with E-state index in [0.717, 1.165) is 39.8 Å². The van der Waals surface area contributed by atoms with Crippen molar-refractivity contribution in [2.45, 2.75) is 33.1 Å². The van der Waals surface area contributed by atoms with Gasteiger partial charge in [0.2, 0.25) is 0 Å². The van der Waals surface area contributed by atoms with Crippen molar-refractivity contribution in [2.24, 2.45) is 0 Å². The molecular weight excluding hydrogens is 787 g/mol. The fraction of sp³-hybridized carbons (Fsp3) is 0.0806. The predicted octanol–water partition coefficient (Wildman–Crippen LogP) is 16.1. The van der Waals surface area contributed by atoms with Crippen LogP contribution in [0.5, 0.6) is 0 Å². The summed E-state index contributed by atoms with van der Waals surface area (Å²) in [5, 5.41) is 0. The maximum absolute atomic E-state index is 5.20. The number of hydrogen-bond donors (Lipinski definition) is 0. The highest BCUT2D eigenvalue weighted by Crippen LogP contribution is 2.51. The predicted molar refractivity (Wildman–Crippen MR) is 270 cm³/mol. The van der Waals surface area contributed by atoms with Crippen molar-refractivity contribution >= 4 is 0 Å². The highest BCUT2D eigenvalue weighted by Gasteiger charge is 2.35. The molecule has 3 nitrogen and oxygen atoms in total. The summed E-state index contributed by atoms with van der Waals surface area (Å²) >= 11 is 0. The largest absolute Gasteiger partial charge is 0.208 e. The molecule has 0 saturated heterocycles. The zero-order valence-electron chi connectivity index (χ0n) is 35.8. The van der Waals surface area contributed by atoms with Crippen LogP contribution in [0.15, 0.2) is 212 Å². The Morgan fingerprint density at radius 2 is 0.677 bits per heavy atom. The van der Waals surface area contributed by atoms with Crippen LogP contribution in [-0.2, 0) is 11.8 Å². The third-order valence-corrected chi connectivity index (χ3v) is 13.4. The van der Waals surface area contributed by atoms with Crippen LogP contribution in [0.2, 0.25) is 0 Å². The van der Waals surface area contributed by atoms with Gasteiger partial charge in [0.1, 0.15) is 0 Å². The summed E-state index contributed by atoms with van der Waals surface area (Å²) in [5.41, 5.74) is 23.2. The van der Waals surface area contributed by atoms with Gasteiger partial charge in [-0.3, -0.25) is 0 Å². The molecule has 2 aliphatic carbocycles. The van der Waals surface area contributed by atoms with E-state index in [1.165, 1.54) is 72.3 Å². The molecule has 10 aromatic rings. The molecule has 0 radical (unpaired) electrons. The lowest BCUT2D eigenvalue weighted by atomic mass is 9.81. The standard InChI is InChI=1S/C61H43N3.CH4/c1-61(2)56-28-10-9-23-52(56)53-34-33-45(37-57(53)61)49-25-14-27-51-50-26-13-24-48(54(50)38-55(49)51)44-20-12-22-47(36-44)60-63-58(42-17-7-4-8-18-42)62-59(64-60)46-21-11-19-43(35-46)41-31-29-40(30-32-41)39-15-5-3-6-16-39;/h3-37H,38H2,1-2H3;1H4. The lowest BCUT2D eigenvalue weighted by molar-refractivity contribution is 0.660. The van der Waals surface area contributed by atoms with Crippen LogP contribution in [0, 0.1) is 0 Å². The first-order valence-electron chi connectivity index (χ1n) is 22.1. The Hall–Kier alpha value is -8.01. The highest BCUT2D eigenvalue weighted by atomic mass is 15.0. The molecule has 12 rings (SSSR count). The molecular formula is C62H47N3. The van der Waals surface area contributed by atoms with Gasteiger partial charge in [0, 0.05) is 22.1 Å². The van der Waals surface area contributed by atoms with Gasteiger partial charge in [0.05, 0.1) is 0 Å². The molecule has 65 heavy (non-hydrogen) atoms. The Bertz CT molecular complexity index is 3420. The molecule has 0 fully saturated rings. The first-order valence-corrected chi connectivity index (χ1v) is 22.1. The van der Waals surface area contributed by atoms with E-state index >= 15 is 0 Å². The van der Waals surface area contributed by atoms with E-state index in [-0.39, 0.29) is 12.8 Å². The van der Waals surface area contributed by atoms with Crippen molar-refractivity contribution in [3.8, 4) is 101 Å². The summed E-state index contributed by atoms with van der Waals surface area (Å²) in [7, 11) is 0. The molecule has 0 saturated carbocycles. The third kappa shape index (κ3) is 6.88. The van der Waals surface area contributed by atoms with Crippen molar-refractivity contribution in [3.63, 3.8) is 0 Å². The molecule has 0 bridgehead atoms. The average Bonchev–Trinajstić information content (AvgIpc) is 3.86. The molecule has 0 amide bonds. The topological polar surface area (TPSA) is 38.7 Å². The van der Waals surface area contributed by atoms with E-state index in [4.69, 9.17) is 15.0 Å². The average molecular weight is 834 g/mol. The smallest absolute Gasteiger partial charge is 0.164 e. The molecule has 310 valence electrons. The van der Waals surface area contributed by atoms with Crippen LogP contribution in [0.4, 0.5) is 0 Å². The van der Waals surface area contributed by atoms with Crippen LogP contribution in [0.3, 0.4) is 0 Å². The Morgan fingerprint density at radius 3 is 1.31 bits per heavy atom. The van der Waals surface area contributed by atoms with Crippen LogP contribution < -0.4 is 0 Å².